The van der Waals surface area contributed by atoms with Crippen molar-refractivity contribution >= 4 is 17.5 Å². The first-order valence-corrected chi connectivity index (χ1v) is 7.90. The minimum atomic E-state index is -0.683. The average Bonchev–Trinajstić information content (AvgIpc) is 2.54. The van der Waals surface area contributed by atoms with Crippen molar-refractivity contribution in [3.05, 3.63) is 29.3 Å². The molecule has 0 saturated carbocycles. The number of amides is 2. The Morgan fingerprint density at radius 2 is 1.77 bits per heavy atom. The van der Waals surface area contributed by atoms with Crippen molar-refractivity contribution in [2.45, 2.75) is 52.6 Å². The molecular formula is C17H26N2O3. The number of carbonyl (C=O) groups is 2. The molecule has 0 spiro atoms. The number of carbonyl (C=O) groups excluding carboxylic acids is 2. The smallest absolute Gasteiger partial charge is 0.313 e. The molecule has 1 aromatic rings. The Labute approximate surface area is 132 Å². The quantitative estimate of drug-likeness (QED) is 0.674. The predicted molar refractivity (Wildman–Crippen MR) is 87.8 cm³/mol. The van der Waals surface area contributed by atoms with Crippen molar-refractivity contribution in [1.29, 1.82) is 0 Å². The Balaban J connectivity index is 2.55. The van der Waals surface area contributed by atoms with E-state index in [2.05, 4.69) is 24.5 Å². The van der Waals surface area contributed by atoms with Crippen LogP contribution in [0.2, 0.25) is 0 Å². The van der Waals surface area contributed by atoms with Gasteiger partial charge in [-0.2, -0.15) is 0 Å². The zero-order chi connectivity index (χ0) is 16.5. The van der Waals surface area contributed by atoms with Crippen LogP contribution in [0.1, 0.15) is 44.7 Å². The summed E-state index contributed by atoms with van der Waals surface area (Å²) in [6, 6.07) is 5.69. The van der Waals surface area contributed by atoms with Crippen LogP contribution in [0.25, 0.3) is 0 Å². The molecule has 0 aliphatic rings. The molecule has 0 heterocycles. The first-order valence-electron chi connectivity index (χ1n) is 7.90. The monoisotopic (exact) mass is 306 g/mol. The molecule has 0 aliphatic carbocycles. The number of nitrogens with one attached hydrogen (secondary N) is 2. The van der Waals surface area contributed by atoms with Crippen molar-refractivity contribution in [2.75, 3.05) is 11.9 Å². The van der Waals surface area contributed by atoms with Gasteiger partial charge in [0.05, 0.1) is 6.10 Å². The van der Waals surface area contributed by atoms with Crippen molar-refractivity contribution in [3.63, 3.8) is 0 Å². The summed E-state index contributed by atoms with van der Waals surface area (Å²) < 4.78 is 0. The van der Waals surface area contributed by atoms with E-state index in [0.29, 0.717) is 18.5 Å². The van der Waals surface area contributed by atoms with Crippen molar-refractivity contribution < 1.29 is 14.7 Å². The standard InChI is InChI=1S/C17H26N2O3/c1-4-12-7-8-14(11-13(12)5-2)19-17(22)16(21)18-10-9-15(20)6-3/h7-8,11,15,20H,4-6,9-10H2,1-3H3,(H,18,21)(H,19,22). The zero-order valence-electron chi connectivity index (χ0n) is 13.6. The molecule has 122 valence electrons. The molecule has 3 N–H and O–H groups in total. The summed E-state index contributed by atoms with van der Waals surface area (Å²) >= 11 is 0. The summed E-state index contributed by atoms with van der Waals surface area (Å²) in [5.74, 6) is -1.36. The maximum absolute atomic E-state index is 11.8. The number of rotatable bonds is 7. The highest BCUT2D eigenvalue weighted by molar-refractivity contribution is 6.39. The van der Waals surface area contributed by atoms with E-state index in [1.807, 2.05) is 25.1 Å². The summed E-state index contributed by atoms with van der Waals surface area (Å²) in [5.41, 5.74) is 3.05. The van der Waals surface area contributed by atoms with Crippen LogP contribution in [0, 0.1) is 0 Å². The van der Waals surface area contributed by atoms with Gasteiger partial charge in [0, 0.05) is 12.2 Å². The van der Waals surface area contributed by atoms with Gasteiger partial charge in [-0.1, -0.05) is 26.8 Å². The molecule has 0 aromatic heterocycles. The highest BCUT2D eigenvalue weighted by Crippen LogP contribution is 2.17. The Morgan fingerprint density at radius 1 is 1.09 bits per heavy atom. The van der Waals surface area contributed by atoms with E-state index in [1.54, 1.807) is 0 Å². The third-order valence-corrected chi connectivity index (χ3v) is 3.67. The van der Waals surface area contributed by atoms with E-state index in [9.17, 15) is 14.7 Å². The molecule has 5 heteroatoms. The molecule has 0 bridgehead atoms. The number of aliphatic hydroxyl groups is 1. The topological polar surface area (TPSA) is 78.4 Å². The molecular weight excluding hydrogens is 280 g/mol. The van der Waals surface area contributed by atoms with Crippen LogP contribution in [0.4, 0.5) is 5.69 Å². The molecule has 0 aliphatic heterocycles. The van der Waals surface area contributed by atoms with Gasteiger partial charge in [-0.05, 0) is 48.9 Å². The van der Waals surface area contributed by atoms with Crippen LogP contribution in [0.5, 0.6) is 0 Å². The zero-order valence-corrected chi connectivity index (χ0v) is 13.6. The van der Waals surface area contributed by atoms with Gasteiger partial charge < -0.3 is 15.7 Å². The summed E-state index contributed by atoms with van der Waals surface area (Å²) in [7, 11) is 0. The Hall–Kier alpha value is -1.88. The summed E-state index contributed by atoms with van der Waals surface area (Å²) in [5, 5.41) is 14.5. The van der Waals surface area contributed by atoms with Crippen LogP contribution in [-0.2, 0) is 22.4 Å². The fraction of sp³-hybridized carbons (Fsp3) is 0.529. The van der Waals surface area contributed by atoms with Crippen molar-refractivity contribution in [3.8, 4) is 0 Å². The molecule has 1 aromatic carbocycles. The van der Waals surface area contributed by atoms with Crippen LogP contribution >= 0.6 is 0 Å². The minimum absolute atomic E-state index is 0.288. The van der Waals surface area contributed by atoms with Gasteiger partial charge in [0.15, 0.2) is 0 Å². The van der Waals surface area contributed by atoms with Gasteiger partial charge in [-0.25, -0.2) is 0 Å². The normalized spacial score (nSPS) is 11.8. The van der Waals surface area contributed by atoms with E-state index in [1.165, 1.54) is 11.1 Å². The van der Waals surface area contributed by atoms with Gasteiger partial charge in [-0.3, -0.25) is 9.59 Å². The number of hydrogen-bond acceptors (Lipinski definition) is 3. The molecule has 2 amide bonds. The van der Waals surface area contributed by atoms with Crippen LogP contribution < -0.4 is 10.6 Å². The predicted octanol–water partition coefficient (Wildman–Crippen LogP) is 2.03. The lowest BCUT2D eigenvalue weighted by molar-refractivity contribution is -0.136. The fourth-order valence-electron chi connectivity index (χ4n) is 2.20. The number of anilines is 1. The van der Waals surface area contributed by atoms with E-state index in [0.717, 1.165) is 12.8 Å². The maximum atomic E-state index is 11.8. The highest BCUT2D eigenvalue weighted by Gasteiger charge is 2.14. The van der Waals surface area contributed by atoms with Gasteiger partial charge in [0.25, 0.3) is 0 Å². The Morgan fingerprint density at radius 3 is 2.36 bits per heavy atom. The van der Waals surface area contributed by atoms with Gasteiger partial charge in [-0.15, -0.1) is 0 Å². The molecule has 0 saturated heterocycles. The molecule has 1 unspecified atom stereocenters. The molecule has 0 fully saturated rings. The second kappa shape index (κ2) is 9.20. The Kier molecular flexibility index (Phi) is 7.60. The first kappa shape index (κ1) is 18.2. The molecule has 5 nitrogen and oxygen atoms in total. The lowest BCUT2D eigenvalue weighted by Gasteiger charge is -2.11. The SMILES string of the molecule is CCc1ccc(NC(=O)C(=O)NCCC(O)CC)cc1CC. The molecule has 22 heavy (non-hydrogen) atoms. The fourth-order valence-corrected chi connectivity index (χ4v) is 2.20. The highest BCUT2D eigenvalue weighted by atomic mass is 16.3. The lowest BCUT2D eigenvalue weighted by Crippen LogP contribution is -2.36. The van der Waals surface area contributed by atoms with E-state index in [-0.39, 0.29) is 6.54 Å². The number of hydrogen-bond donors (Lipinski definition) is 3. The van der Waals surface area contributed by atoms with Crippen molar-refractivity contribution in [1.82, 2.24) is 5.32 Å². The third kappa shape index (κ3) is 5.48. The van der Waals surface area contributed by atoms with Gasteiger partial charge in [0.1, 0.15) is 0 Å². The summed E-state index contributed by atoms with van der Waals surface area (Å²) in [6.45, 7) is 6.30. The largest absolute Gasteiger partial charge is 0.393 e. The average molecular weight is 306 g/mol. The minimum Gasteiger partial charge on any atom is -0.393 e. The summed E-state index contributed by atoms with van der Waals surface area (Å²) in [4.78, 5) is 23.5. The first-order chi connectivity index (χ1) is 10.5. The molecule has 1 rings (SSSR count). The summed E-state index contributed by atoms with van der Waals surface area (Å²) in [6.07, 6.45) is 2.45. The number of aliphatic hydroxyl groups excluding tert-OH is 1. The number of aryl methyl sites for hydroxylation is 2. The molecule has 0 radical (unpaired) electrons. The van der Waals surface area contributed by atoms with E-state index in [4.69, 9.17) is 0 Å². The van der Waals surface area contributed by atoms with Gasteiger partial charge >= 0.3 is 11.8 Å². The van der Waals surface area contributed by atoms with Crippen LogP contribution in [-0.4, -0.2) is 29.6 Å². The lowest BCUT2D eigenvalue weighted by atomic mass is 10.0. The van der Waals surface area contributed by atoms with Crippen molar-refractivity contribution in [2.24, 2.45) is 0 Å². The van der Waals surface area contributed by atoms with Crippen LogP contribution in [0.3, 0.4) is 0 Å². The number of benzene rings is 1. The van der Waals surface area contributed by atoms with E-state index >= 15 is 0 Å². The molecule has 1 atom stereocenters. The third-order valence-electron chi connectivity index (χ3n) is 3.67. The maximum Gasteiger partial charge on any atom is 0.313 e. The van der Waals surface area contributed by atoms with E-state index < -0.39 is 17.9 Å². The second-order valence-corrected chi connectivity index (χ2v) is 5.25. The second-order valence-electron chi connectivity index (χ2n) is 5.25. The van der Waals surface area contributed by atoms with Gasteiger partial charge in [0.2, 0.25) is 0 Å². The van der Waals surface area contributed by atoms with Crippen LogP contribution in [0.15, 0.2) is 18.2 Å². The Bertz CT molecular complexity index is 515.